The van der Waals surface area contributed by atoms with Crippen LogP contribution in [0.5, 0.6) is 0 Å². The van der Waals surface area contributed by atoms with Gasteiger partial charge in [-0.1, -0.05) is 17.7 Å². The maximum Gasteiger partial charge on any atom is 0.266 e. The largest absolute Gasteiger partial charge is 0.330 e. The Kier molecular flexibility index (Phi) is 5.13. The monoisotopic (exact) mass is 384 g/mol. The van der Waals surface area contributed by atoms with Gasteiger partial charge >= 0.3 is 0 Å². The second-order valence-corrected chi connectivity index (χ2v) is 5.58. The molecule has 0 amide bonds. The maximum absolute atomic E-state index is 11.7. The van der Waals surface area contributed by atoms with Crippen molar-refractivity contribution in [2.45, 2.75) is 13.3 Å². The maximum atomic E-state index is 11.7. The molecule has 0 saturated carbocycles. The predicted molar refractivity (Wildman–Crippen MR) is 89.4 cm³/mol. The van der Waals surface area contributed by atoms with Crippen LogP contribution in [0.2, 0.25) is 0 Å². The van der Waals surface area contributed by atoms with Crippen molar-refractivity contribution in [2.75, 3.05) is 18.0 Å². The molecule has 0 aliphatic heterocycles. The van der Waals surface area contributed by atoms with Crippen LogP contribution in [0.4, 0.5) is 11.5 Å². The summed E-state index contributed by atoms with van der Waals surface area (Å²) in [6, 6.07) is 8.16. The third kappa shape index (κ3) is 3.37. The van der Waals surface area contributed by atoms with Crippen molar-refractivity contribution in [3.05, 3.63) is 50.1 Å². The quantitative estimate of drug-likeness (QED) is 0.775. The molecular weight excluding hydrogens is 367 g/mol. The summed E-state index contributed by atoms with van der Waals surface area (Å²) < 4.78 is 0.586. The Labute approximate surface area is 131 Å². The Hall–Kier alpha value is -1.41. The standard InChI is InChI=1S/C14H17IN4O/c1-10-3-5-11(6-4-10)19(8-2-7-16)13-12(15)14(20)18-9-17-13/h3-6,9H,2,7-8,16H2,1H3,(H,17,18,20). The first-order valence-corrected chi connectivity index (χ1v) is 7.49. The van der Waals surface area contributed by atoms with Crippen LogP contribution in [0.15, 0.2) is 35.4 Å². The van der Waals surface area contributed by atoms with Crippen molar-refractivity contribution in [3.8, 4) is 0 Å². The first-order chi connectivity index (χ1) is 9.63. The number of hydrogen-bond donors (Lipinski definition) is 2. The molecule has 0 radical (unpaired) electrons. The lowest BCUT2D eigenvalue weighted by Crippen LogP contribution is -2.26. The van der Waals surface area contributed by atoms with Crippen molar-refractivity contribution in [2.24, 2.45) is 5.73 Å². The topological polar surface area (TPSA) is 75.0 Å². The summed E-state index contributed by atoms with van der Waals surface area (Å²) in [7, 11) is 0. The molecule has 1 aromatic carbocycles. The van der Waals surface area contributed by atoms with Gasteiger partial charge in [-0.2, -0.15) is 0 Å². The molecule has 0 saturated heterocycles. The first-order valence-electron chi connectivity index (χ1n) is 6.41. The molecule has 20 heavy (non-hydrogen) atoms. The number of nitrogens with two attached hydrogens (primary N) is 1. The highest BCUT2D eigenvalue weighted by Crippen LogP contribution is 2.26. The van der Waals surface area contributed by atoms with Crippen molar-refractivity contribution >= 4 is 34.1 Å². The SMILES string of the molecule is Cc1ccc(N(CCCN)c2nc[nH]c(=O)c2I)cc1. The Morgan fingerprint density at radius 2 is 2.05 bits per heavy atom. The number of nitrogens with zero attached hydrogens (tertiary/aromatic N) is 2. The van der Waals surface area contributed by atoms with Gasteiger partial charge in [0.05, 0.1) is 6.33 Å². The van der Waals surface area contributed by atoms with Gasteiger partial charge in [0.15, 0.2) is 5.82 Å². The van der Waals surface area contributed by atoms with E-state index in [-0.39, 0.29) is 5.56 Å². The summed E-state index contributed by atoms with van der Waals surface area (Å²) in [6.07, 6.45) is 2.27. The number of anilines is 2. The van der Waals surface area contributed by atoms with Crippen molar-refractivity contribution in [1.82, 2.24) is 9.97 Å². The summed E-state index contributed by atoms with van der Waals surface area (Å²) in [5.41, 5.74) is 7.69. The number of H-pyrrole nitrogens is 1. The third-order valence-corrected chi connectivity index (χ3v) is 3.94. The summed E-state index contributed by atoms with van der Waals surface area (Å²) in [4.78, 5) is 20.7. The van der Waals surface area contributed by atoms with E-state index in [1.165, 1.54) is 11.9 Å². The zero-order valence-electron chi connectivity index (χ0n) is 11.3. The minimum atomic E-state index is -0.125. The lowest BCUT2D eigenvalue weighted by Gasteiger charge is -2.24. The van der Waals surface area contributed by atoms with Gasteiger partial charge in [-0.15, -0.1) is 0 Å². The smallest absolute Gasteiger partial charge is 0.266 e. The number of hydrogen-bond acceptors (Lipinski definition) is 4. The molecule has 0 unspecified atom stereocenters. The molecule has 0 atom stereocenters. The lowest BCUT2D eigenvalue weighted by molar-refractivity contribution is 0.805. The second kappa shape index (κ2) is 6.85. The fraction of sp³-hybridized carbons (Fsp3) is 0.286. The number of nitrogens with one attached hydrogen (secondary N) is 1. The van der Waals surface area contributed by atoms with E-state index in [1.54, 1.807) is 0 Å². The van der Waals surface area contributed by atoms with E-state index >= 15 is 0 Å². The van der Waals surface area contributed by atoms with Gasteiger partial charge in [0.25, 0.3) is 5.56 Å². The number of benzene rings is 1. The molecule has 0 spiro atoms. The van der Waals surface area contributed by atoms with Crippen LogP contribution in [0.1, 0.15) is 12.0 Å². The highest BCUT2D eigenvalue weighted by Gasteiger charge is 2.15. The molecule has 106 valence electrons. The van der Waals surface area contributed by atoms with Crippen molar-refractivity contribution in [3.63, 3.8) is 0 Å². The number of aryl methyl sites for hydroxylation is 1. The fourth-order valence-corrected chi connectivity index (χ4v) is 2.48. The van der Waals surface area contributed by atoms with Gasteiger partial charge in [0, 0.05) is 12.2 Å². The molecule has 2 aromatic rings. The van der Waals surface area contributed by atoms with E-state index in [1.807, 2.05) is 58.7 Å². The van der Waals surface area contributed by atoms with E-state index in [9.17, 15) is 4.79 Å². The normalized spacial score (nSPS) is 10.6. The highest BCUT2D eigenvalue weighted by molar-refractivity contribution is 14.1. The minimum absolute atomic E-state index is 0.125. The molecule has 6 heteroatoms. The molecule has 1 heterocycles. The molecular formula is C14H17IN4O. The summed E-state index contributed by atoms with van der Waals surface area (Å²) in [5, 5.41) is 0. The Morgan fingerprint density at radius 3 is 2.70 bits per heavy atom. The van der Waals surface area contributed by atoms with E-state index in [0.29, 0.717) is 15.9 Å². The summed E-state index contributed by atoms with van der Waals surface area (Å²) in [6.45, 7) is 3.37. The van der Waals surface area contributed by atoms with Gasteiger partial charge in [-0.3, -0.25) is 4.79 Å². The Morgan fingerprint density at radius 1 is 1.35 bits per heavy atom. The van der Waals surface area contributed by atoms with Gasteiger partial charge in [0.2, 0.25) is 0 Å². The molecule has 0 fully saturated rings. The van der Waals surface area contributed by atoms with Crippen molar-refractivity contribution in [1.29, 1.82) is 0 Å². The Balaban J connectivity index is 2.44. The van der Waals surface area contributed by atoms with Crippen molar-refractivity contribution < 1.29 is 0 Å². The zero-order valence-corrected chi connectivity index (χ0v) is 13.4. The number of aromatic nitrogens is 2. The van der Waals surface area contributed by atoms with E-state index in [4.69, 9.17) is 5.73 Å². The lowest BCUT2D eigenvalue weighted by atomic mass is 10.2. The highest BCUT2D eigenvalue weighted by atomic mass is 127. The molecule has 5 nitrogen and oxygen atoms in total. The van der Waals surface area contributed by atoms with Gasteiger partial charge in [-0.25, -0.2) is 4.98 Å². The number of halogens is 1. The van der Waals surface area contributed by atoms with Crippen LogP contribution >= 0.6 is 22.6 Å². The van der Waals surface area contributed by atoms with Crippen LogP contribution in [0, 0.1) is 10.5 Å². The zero-order chi connectivity index (χ0) is 14.5. The summed E-state index contributed by atoms with van der Waals surface area (Å²) >= 11 is 2.03. The predicted octanol–water partition coefficient (Wildman–Crippen LogP) is 2.17. The van der Waals surface area contributed by atoms with Crippen LogP contribution in [0.25, 0.3) is 0 Å². The summed E-state index contributed by atoms with van der Waals surface area (Å²) in [5.74, 6) is 0.673. The molecule has 0 bridgehead atoms. The van der Waals surface area contributed by atoms with Crippen LogP contribution in [0.3, 0.4) is 0 Å². The minimum Gasteiger partial charge on any atom is -0.330 e. The third-order valence-electron chi connectivity index (χ3n) is 2.97. The van der Waals surface area contributed by atoms with Crippen LogP contribution < -0.4 is 16.2 Å². The Bertz CT molecular complexity index is 624. The molecule has 0 aliphatic rings. The fourth-order valence-electron chi connectivity index (χ4n) is 1.89. The van der Waals surface area contributed by atoms with E-state index in [0.717, 1.165) is 18.7 Å². The van der Waals surface area contributed by atoms with E-state index < -0.39 is 0 Å². The van der Waals surface area contributed by atoms with Crippen LogP contribution in [-0.4, -0.2) is 23.1 Å². The molecule has 0 aliphatic carbocycles. The molecule has 2 rings (SSSR count). The number of aromatic amines is 1. The van der Waals surface area contributed by atoms with Gasteiger partial charge in [0.1, 0.15) is 3.57 Å². The van der Waals surface area contributed by atoms with E-state index in [2.05, 4.69) is 9.97 Å². The van der Waals surface area contributed by atoms with Crippen LogP contribution in [-0.2, 0) is 0 Å². The van der Waals surface area contributed by atoms with Gasteiger partial charge in [-0.05, 0) is 54.6 Å². The molecule has 1 aromatic heterocycles. The average molecular weight is 384 g/mol. The first kappa shape index (κ1) is 15.0. The number of rotatable bonds is 5. The second-order valence-electron chi connectivity index (χ2n) is 4.50. The average Bonchev–Trinajstić information content (AvgIpc) is 2.45. The molecule has 3 N–H and O–H groups in total. The van der Waals surface area contributed by atoms with Gasteiger partial charge < -0.3 is 15.6 Å².